The molecule has 1 aromatic rings. The fourth-order valence-corrected chi connectivity index (χ4v) is 1.22. The molecule has 1 aromatic heterocycles. The number of nitrogens with two attached hydrogens (primary N) is 1. The number of nitrogens with zero attached hydrogens (tertiary/aromatic N) is 1. The second-order valence-electron chi connectivity index (χ2n) is 3.15. The molecule has 2 heteroatoms. The summed E-state index contributed by atoms with van der Waals surface area (Å²) in [6.45, 7) is 6.24. The van der Waals surface area contributed by atoms with Crippen molar-refractivity contribution in [1.29, 1.82) is 0 Å². The Bertz CT molecular complexity index is 269. The third-order valence-electron chi connectivity index (χ3n) is 2.30. The van der Waals surface area contributed by atoms with Crippen LogP contribution in [-0.2, 0) is 0 Å². The normalized spacial score (nSPS) is 13.0. The van der Waals surface area contributed by atoms with E-state index in [0.717, 1.165) is 12.1 Å². The number of hydrogen-bond acceptors (Lipinski definition) is 2. The Hall–Kier alpha value is -0.890. The largest absolute Gasteiger partial charge is 0.323 e. The van der Waals surface area contributed by atoms with Crippen molar-refractivity contribution in [3.63, 3.8) is 0 Å². The van der Waals surface area contributed by atoms with Gasteiger partial charge in [0.15, 0.2) is 0 Å². The number of aryl methyl sites for hydroxylation is 1. The van der Waals surface area contributed by atoms with Gasteiger partial charge in [0.1, 0.15) is 0 Å². The molecule has 12 heavy (non-hydrogen) atoms. The van der Waals surface area contributed by atoms with Gasteiger partial charge in [0.05, 0.1) is 5.69 Å². The zero-order chi connectivity index (χ0) is 9.14. The lowest BCUT2D eigenvalue weighted by molar-refractivity contribution is 0.669. The minimum atomic E-state index is 0.0879. The molecule has 0 fully saturated rings. The molecule has 66 valence electrons. The monoisotopic (exact) mass is 164 g/mol. The molecule has 0 saturated carbocycles. The first-order chi connectivity index (χ1) is 5.66. The fourth-order valence-electron chi connectivity index (χ4n) is 1.22. The van der Waals surface area contributed by atoms with Crippen molar-refractivity contribution in [3.8, 4) is 0 Å². The van der Waals surface area contributed by atoms with Gasteiger partial charge in [-0.15, -0.1) is 0 Å². The van der Waals surface area contributed by atoms with Crippen LogP contribution in [0.4, 0.5) is 0 Å². The quantitative estimate of drug-likeness (QED) is 0.727. The molecule has 1 unspecified atom stereocenters. The van der Waals surface area contributed by atoms with E-state index < -0.39 is 0 Å². The molecule has 0 aliphatic carbocycles. The molecule has 0 amide bonds. The molecule has 1 rings (SSSR count). The summed E-state index contributed by atoms with van der Waals surface area (Å²) in [4.78, 5) is 4.28. The summed E-state index contributed by atoms with van der Waals surface area (Å²) < 4.78 is 0. The van der Waals surface area contributed by atoms with Gasteiger partial charge < -0.3 is 5.73 Å². The highest BCUT2D eigenvalue weighted by Gasteiger charge is 2.08. The van der Waals surface area contributed by atoms with Gasteiger partial charge in [-0.05, 0) is 37.5 Å². The summed E-state index contributed by atoms with van der Waals surface area (Å²) in [6.07, 6.45) is 2.77. The van der Waals surface area contributed by atoms with E-state index >= 15 is 0 Å². The van der Waals surface area contributed by atoms with Gasteiger partial charge in [0, 0.05) is 12.2 Å². The van der Waals surface area contributed by atoms with E-state index in [1.54, 1.807) is 0 Å². The molecule has 1 heterocycles. The van der Waals surface area contributed by atoms with Crippen LogP contribution in [0.25, 0.3) is 0 Å². The molecular weight excluding hydrogens is 148 g/mol. The van der Waals surface area contributed by atoms with Crippen LogP contribution in [0.15, 0.2) is 12.3 Å². The molecule has 1 atom stereocenters. The van der Waals surface area contributed by atoms with Gasteiger partial charge in [-0.3, -0.25) is 4.98 Å². The molecule has 0 aromatic carbocycles. The Morgan fingerprint density at radius 2 is 2.17 bits per heavy atom. The van der Waals surface area contributed by atoms with E-state index in [-0.39, 0.29) is 6.04 Å². The summed E-state index contributed by atoms with van der Waals surface area (Å²) in [5.41, 5.74) is 9.44. The number of rotatable bonds is 2. The Labute approximate surface area is 73.8 Å². The van der Waals surface area contributed by atoms with E-state index in [4.69, 9.17) is 5.73 Å². The Morgan fingerprint density at radius 3 is 2.75 bits per heavy atom. The molecule has 0 spiro atoms. The van der Waals surface area contributed by atoms with Crippen molar-refractivity contribution in [2.24, 2.45) is 5.73 Å². The van der Waals surface area contributed by atoms with Gasteiger partial charge in [-0.25, -0.2) is 0 Å². The maximum atomic E-state index is 5.90. The van der Waals surface area contributed by atoms with Crippen LogP contribution in [0.5, 0.6) is 0 Å². The van der Waals surface area contributed by atoms with E-state index in [2.05, 4.69) is 25.8 Å². The highest BCUT2D eigenvalue weighted by molar-refractivity contribution is 5.29. The van der Waals surface area contributed by atoms with Crippen LogP contribution >= 0.6 is 0 Å². The maximum absolute atomic E-state index is 5.90. The summed E-state index contributed by atoms with van der Waals surface area (Å²) in [5.74, 6) is 0. The van der Waals surface area contributed by atoms with Crippen molar-refractivity contribution in [2.45, 2.75) is 33.2 Å². The van der Waals surface area contributed by atoms with E-state index in [0.29, 0.717) is 0 Å². The lowest BCUT2D eigenvalue weighted by Gasteiger charge is -2.12. The smallest absolute Gasteiger partial charge is 0.0602 e. The van der Waals surface area contributed by atoms with Gasteiger partial charge in [-0.1, -0.05) is 6.92 Å². The van der Waals surface area contributed by atoms with Crippen molar-refractivity contribution in [3.05, 3.63) is 29.1 Å². The van der Waals surface area contributed by atoms with Gasteiger partial charge in [0.2, 0.25) is 0 Å². The topological polar surface area (TPSA) is 38.9 Å². The van der Waals surface area contributed by atoms with Crippen LogP contribution in [0, 0.1) is 13.8 Å². The van der Waals surface area contributed by atoms with Crippen molar-refractivity contribution < 1.29 is 0 Å². The fraction of sp³-hybridized carbons (Fsp3) is 0.500. The second-order valence-corrected chi connectivity index (χ2v) is 3.15. The van der Waals surface area contributed by atoms with Gasteiger partial charge in [0.25, 0.3) is 0 Å². The second kappa shape index (κ2) is 3.68. The SMILES string of the molecule is CCC(N)c1nccc(C)c1C. The van der Waals surface area contributed by atoms with Crippen LogP contribution in [0.3, 0.4) is 0 Å². The highest BCUT2D eigenvalue weighted by atomic mass is 14.8. The van der Waals surface area contributed by atoms with E-state index in [1.807, 2.05) is 12.3 Å². The third-order valence-corrected chi connectivity index (χ3v) is 2.30. The molecule has 2 nitrogen and oxygen atoms in total. The van der Waals surface area contributed by atoms with Gasteiger partial charge in [-0.2, -0.15) is 0 Å². The summed E-state index contributed by atoms with van der Waals surface area (Å²) in [5, 5.41) is 0. The van der Waals surface area contributed by atoms with Crippen LogP contribution in [0.2, 0.25) is 0 Å². The molecule has 0 aliphatic heterocycles. The maximum Gasteiger partial charge on any atom is 0.0602 e. The Morgan fingerprint density at radius 1 is 1.50 bits per heavy atom. The Kier molecular flexibility index (Phi) is 2.82. The molecular formula is C10H16N2. The third kappa shape index (κ3) is 1.64. The first-order valence-corrected chi connectivity index (χ1v) is 4.34. The highest BCUT2D eigenvalue weighted by Crippen LogP contribution is 2.17. The molecule has 0 aliphatic rings. The molecule has 0 saturated heterocycles. The number of aromatic nitrogens is 1. The van der Waals surface area contributed by atoms with Crippen molar-refractivity contribution in [2.75, 3.05) is 0 Å². The van der Waals surface area contributed by atoms with Crippen molar-refractivity contribution >= 4 is 0 Å². The summed E-state index contributed by atoms with van der Waals surface area (Å²) >= 11 is 0. The predicted octanol–water partition coefficient (Wildman–Crippen LogP) is 2.11. The summed E-state index contributed by atoms with van der Waals surface area (Å²) in [7, 11) is 0. The zero-order valence-corrected chi connectivity index (χ0v) is 7.96. The predicted molar refractivity (Wildman–Crippen MR) is 50.9 cm³/mol. The first-order valence-electron chi connectivity index (χ1n) is 4.34. The number of hydrogen-bond donors (Lipinski definition) is 1. The summed E-state index contributed by atoms with van der Waals surface area (Å²) in [6, 6.07) is 2.10. The minimum absolute atomic E-state index is 0.0879. The molecule has 0 radical (unpaired) electrons. The van der Waals surface area contributed by atoms with Crippen molar-refractivity contribution in [1.82, 2.24) is 4.98 Å². The lowest BCUT2D eigenvalue weighted by Crippen LogP contribution is -2.12. The number of pyridine rings is 1. The van der Waals surface area contributed by atoms with Crippen LogP contribution < -0.4 is 5.73 Å². The molecule has 0 bridgehead atoms. The average Bonchev–Trinajstić information content (AvgIpc) is 2.08. The minimum Gasteiger partial charge on any atom is -0.323 e. The van der Waals surface area contributed by atoms with E-state index in [9.17, 15) is 0 Å². The van der Waals surface area contributed by atoms with E-state index in [1.165, 1.54) is 11.1 Å². The average molecular weight is 164 g/mol. The Balaban J connectivity index is 3.07. The molecule has 2 N–H and O–H groups in total. The lowest BCUT2D eigenvalue weighted by atomic mass is 10.0. The first kappa shape index (κ1) is 9.20. The standard InChI is InChI=1S/C10H16N2/c1-4-9(11)10-8(3)7(2)5-6-12-10/h5-6,9H,4,11H2,1-3H3. The van der Waals surface area contributed by atoms with Crippen LogP contribution in [0.1, 0.15) is 36.2 Å². The zero-order valence-electron chi connectivity index (χ0n) is 7.96. The van der Waals surface area contributed by atoms with Crippen LogP contribution in [-0.4, -0.2) is 4.98 Å². The van der Waals surface area contributed by atoms with Gasteiger partial charge >= 0.3 is 0 Å².